The smallest absolute Gasteiger partial charge is 0.457 e. The topological polar surface area (TPSA) is 132 Å². The minimum absolute atomic E-state index is 0.0503. The molecule has 0 aromatic carbocycles. The molecule has 0 aliphatic heterocycles. The summed E-state index contributed by atoms with van der Waals surface area (Å²) in [6, 6.07) is 0. The molecule has 0 bridgehead atoms. The predicted molar refractivity (Wildman–Crippen MR) is 228 cm³/mol. The maximum atomic E-state index is 12.6. The van der Waals surface area contributed by atoms with Gasteiger partial charge in [-0.1, -0.05) is 199 Å². The Hall–Kier alpha value is -0.800. The third-order valence-electron chi connectivity index (χ3n) is 10.2. The summed E-state index contributed by atoms with van der Waals surface area (Å²) < 4.78 is 33.4. The van der Waals surface area contributed by atoms with Gasteiger partial charge in [0.1, 0.15) is 12.2 Å². The Kier molecular flexibility index (Phi) is 42.2. The maximum absolute atomic E-state index is 12.6. The molecule has 328 valence electrons. The van der Waals surface area contributed by atoms with E-state index >= 15 is 0 Å². The van der Waals surface area contributed by atoms with E-state index < -0.39 is 33.2 Å². The quantitative estimate of drug-likeness (QED) is 0.0238. The molecule has 0 aromatic heterocycles. The van der Waals surface area contributed by atoms with Crippen molar-refractivity contribution in [2.45, 2.75) is 238 Å². The van der Waals surface area contributed by atoms with Gasteiger partial charge < -0.3 is 24.6 Å². The first kappa shape index (κ1) is 54.2. The Morgan fingerprint density at radius 3 is 1.42 bits per heavy atom. The fraction of sp³-hybridized carbons (Fsp3) is 0.933. The average molecular weight is 805 g/mol. The van der Waals surface area contributed by atoms with Gasteiger partial charge in [0, 0.05) is 13.0 Å². The zero-order chi connectivity index (χ0) is 40.3. The van der Waals surface area contributed by atoms with Crippen LogP contribution in [0.15, 0.2) is 12.2 Å². The van der Waals surface area contributed by atoms with Crippen LogP contribution in [-0.4, -0.2) is 66.3 Å². The molecular formula is C45H89O9P. The van der Waals surface area contributed by atoms with E-state index in [1.54, 1.807) is 0 Å². The highest BCUT2D eigenvalue weighted by Gasteiger charge is 2.26. The number of carbonyl (C=O) groups excluding carboxylic acids is 1. The van der Waals surface area contributed by atoms with Crippen LogP contribution >= 0.6 is 7.82 Å². The van der Waals surface area contributed by atoms with Gasteiger partial charge in [-0.2, -0.15) is 0 Å². The van der Waals surface area contributed by atoms with Gasteiger partial charge in [0.15, 0.2) is 0 Å². The molecule has 0 spiro atoms. The molecule has 0 aliphatic carbocycles. The molecule has 3 N–H and O–H groups in total. The Labute approximate surface area is 339 Å². The van der Waals surface area contributed by atoms with Crippen molar-refractivity contribution in [1.82, 2.24) is 0 Å². The first-order chi connectivity index (χ1) is 26.8. The Bertz CT molecular complexity index is 871. The van der Waals surface area contributed by atoms with Crippen LogP contribution < -0.4 is 0 Å². The molecule has 0 saturated heterocycles. The SMILES string of the molecule is CCCC/C=C\CCCCCCCCOCC(COP(=O)(O)OCC(O)CO)OC(=O)CCCCCCCCCCCCCCCCCCCCCCCC. The number of esters is 1. The number of hydrogen-bond donors (Lipinski definition) is 3. The molecule has 3 atom stereocenters. The van der Waals surface area contributed by atoms with Gasteiger partial charge in [0.25, 0.3) is 0 Å². The molecule has 0 aliphatic rings. The molecular weight excluding hydrogens is 715 g/mol. The van der Waals surface area contributed by atoms with Crippen LogP contribution in [0.1, 0.15) is 226 Å². The highest BCUT2D eigenvalue weighted by Crippen LogP contribution is 2.43. The number of carbonyl (C=O) groups is 1. The van der Waals surface area contributed by atoms with Crippen LogP contribution in [0.3, 0.4) is 0 Å². The van der Waals surface area contributed by atoms with E-state index in [1.165, 1.54) is 161 Å². The van der Waals surface area contributed by atoms with Crippen molar-refractivity contribution in [2.24, 2.45) is 0 Å². The number of hydrogen-bond acceptors (Lipinski definition) is 8. The Balaban J connectivity index is 4.02. The monoisotopic (exact) mass is 805 g/mol. The predicted octanol–water partition coefficient (Wildman–Crippen LogP) is 12.9. The maximum Gasteiger partial charge on any atom is 0.472 e. The van der Waals surface area contributed by atoms with Gasteiger partial charge in [0.05, 0.1) is 26.4 Å². The fourth-order valence-electron chi connectivity index (χ4n) is 6.63. The van der Waals surface area contributed by atoms with Gasteiger partial charge in [-0.3, -0.25) is 13.8 Å². The highest BCUT2D eigenvalue weighted by atomic mass is 31.2. The minimum Gasteiger partial charge on any atom is -0.457 e. The highest BCUT2D eigenvalue weighted by molar-refractivity contribution is 7.47. The summed E-state index contributed by atoms with van der Waals surface area (Å²) in [4.78, 5) is 22.6. The Morgan fingerprint density at radius 2 is 0.945 bits per heavy atom. The van der Waals surface area contributed by atoms with E-state index in [-0.39, 0.29) is 25.6 Å². The molecule has 10 heteroatoms. The molecule has 55 heavy (non-hydrogen) atoms. The summed E-state index contributed by atoms with van der Waals surface area (Å²) in [6.07, 6.45) is 43.2. The molecule has 9 nitrogen and oxygen atoms in total. The molecule has 0 fully saturated rings. The summed E-state index contributed by atoms with van der Waals surface area (Å²) >= 11 is 0. The first-order valence-electron chi connectivity index (χ1n) is 23.2. The summed E-state index contributed by atoms with van der Waals surface area (Å²) in [7, 11) is -4.51. The molecule has 3 unspecified atom stereocenters. The third-order valence-corrected chi connectivity index (χ3v) is 11.2. The normalized spacial score (nSPS) is 14.1. The van der Waals surface area contributed by atoms with E-state index in [1.807, 2.05) is 0 Å². The number of phosphoric acid groups is 1. The van der Waals surface area contributed by atoms with E-state index in [0.29, 0.717) is 6.61 Å². The number of ether oxygens (including phenoxy) is 2. The van der Waals surface area contributed by atoms with Crippen molar-refractivity contribution in [1.29, 1.82) is 0 Å². The second-order valence-corrected chi connectivity index (χ2v) is 17.2. The van der Waals surface area contributed by atoms with Gasteiger partial charge >= 0.3 is 13.8 Å². The van der Waals surface area contributed by atoms with Gasteiger partial charge in [-0.15, -0.1) is 0 Å². The zero-order valence-electron chi connectivity index (χ0n) is 35.9. The van der Waals surface area contributed by atoms with Crippen LogP contribution in [0.2, 0.25) is 0 Å². The van der Waals surface area contributed by atoms with Crippen LogP contribution in [0.4, 0.5) is 0 Å². The van der Waals surface area contributed by atoms with Crippen LogP contribution in [0.25, 0.3) is 0 Å². The average Bonchev–Trinajstić information content (AvgIpc) is 3.18. The number of rotatable bonds is 45. The lowest BCUT2D eigenvalue weighted by molar-refractivity contribution is -0.154. The lowest BCUT2D eigenvalue weighted by Gasteiger charge is -2.20. The number of aliphatic hydroxyl groups is 2. The summed E-state index contributed by atoms with van der Waals surface area (Å²) in [5.74, 6) is -0.380. The fourth-order valence-corrected chi connectivity index (χ4v) is 7.42. The molecule has 0 rings (SSSR count). The van der Waals surface area contributed by atoms with Crippen molar-refractivity contribution in [3.8, 4) is 0 Å². The summed E-state index contributed by atoms with van der Waals surface area (Å²) in [5.41, 5.74) is 0. The first-order valence-corrected chi connectivity index (χ1v) is 24.7. The van der Waals surface area contributed by atoms with Crippen molar-refractivity contribution in [2.75, 3.05) is 33.0 Å². The number of aliphatic hydroxyl groups excluding tert-OH is 2. The van der Waals surface area contributed by atoms with E-state index in [9.17, 15) is 19.4 Å². The zero-order valence-corrected chi connectivity index (χ0v) is 36.8. The summed E-state index contributed by atoms with van der Waals surface area (Å²) in [6.45, 7) is 3.51. The number of allylic oxidation sites excluding steroid dienone is 2. The van der Waals surface area contributed by atoms with E-state index in [2.05, 4.69) is 26.0 Å². The van der Waals surface area contributed by atoms with Crippen molar-refractivity contribution < 1.29 is 43.0 Å². The molecule has 0 amide bonds. The van der Waals surface area contributed by atoms with Crippen LogP contribution in [0, 0.1) is 0 Å². The second-order valence-electron chi connectivity index (χ2n) is 15.8. The largest absolute Gasteiger partial charge is 0.472 e. The van der Waals surface area contributed by atoms with Gasteiger partial charge in [-0.25, -0.2) is 4.57 Å². The van der Waals surface area contributed by atoms with Gasteiger partial charge in [0.2, 0.25) is 0 Å². The number of phosphoric ester groups is 1. The van der Waals surface area contributed by atoms with Crippen LogP contribution in [0.5, 0.6) is 0 Å². The Morgan fingerprint density at radius 1 is 0.545 bits per heavy atom. The van der Waals surface area contributed by atoms with Crippen LogP contribution in [-0.2, 0) is 27.9 Å². The van der Waals surface area contributed by atoms with Crippen molar-refractivity contribution >= 4 is 13.8 Å². The molecule has 0 radical (unpaired) electrons. The van der Waals surface area contributed by atoms with E-state index in [0.717, 1.165) is 44.9 Å². The minimum atomic E-state index is -4.51. The standard InChI is InChI=1S/C45H89O9P/c1-3-5-7-9-11-13-15-17-18-19-20-21-22-23-24-25-26-27-29-31-33-35-37-45(48)54-44(42-53-55(49,50)52-40-43(47)39-46)41-51-38-36-34-32-30-28-16-14-12-10-8-6-4-2/h10,12,43-44,46-47H,3-9,11,13-42H2,1-2H3,(H,49,50)/b12-10-. The molecule has 0 saturated carbocycles. The van der Waals surface area contributed by atoms with Gasteiger partial charge in [-0.05, 0) is 32.1 Å². The second kappa shape index (κ2) is 42.8. The molecule has 0 aromatic rings. The lowest BCUT2D eigenvalue weighted by atomic mass is 10.0. The molecule has 0 heterocycles. The lowest BCUT2D eigenvalue weighted by Crippen LogP contribution is -2.29. The summed E-state index contributed by atoms with van der Waals surface area (Å²) in [5, 5.41) is 18.3. The third kappa shape index (κ3) is 42.6. The van der Waals surface area contributed by atoms with Crippen molar-refractivity contribution in [3.05, 3.63) is 12.2 Å². The van der Waals surface area contributed by atoms with Crippen molar-refractivity contribution in [3.63, 3.8) is 0 Å². The number of unbranched alkanes of at least 4 members (excludes halogenated alkanes) is 29. The van der Waals surface area contributed by atoms with E-state index in [4.69, 9.17) is 23.6 Å².